The third-order valence-corrected chi connectivity index (χ3v) is 5.10. The van der Waals surface area contributed by atoms with E-state index < -0.39 is 22.0 Å². The van der Waals surface area contributed by atoms with Crippen LogP contribution in [0.3, 0.4) is 0 Å². The molecule has 1 aliphatic rings. The average Bonchev–Trinajstić information content (AvgIpc) is 2.28. The lowest BCUT2D eigenvalue weighted by Gasteiger charge is -2.32. The SMILES string of the molecule is CC(C)C(C(=O)O)S(=O)CC(=O)N1CCN(C)CC1. The molecule has 1 aliphatic heterocycles. The fraction of sp³-hybridized carbons (Fsp3) is 0.833. The topological polar surface area (TPSA) is 77.9 Å². The number of amides is 1. The minimum absolute atomic E-state index is 0.196. The number of carbonyl (C=O) groups excluding carboxylic acids is 1. The molecule has 1 N–H and O–H groups in total. The zero-order chi connectivity index (χ0) is 14.6. The van der Waals surface area contributed by atoms with Gasteiger partial charge in [0.15, 0.2) is 0 Å². The molecule has 19 heavy (non-hydrogen) atoms. The quantitative estimate of drug-likeness (QED) is 0.747. The summed E-state index contributed by atoms with van der Waals surface area (Å²) in [4.78, 5) is 26.8. The van der Waals surface area contributed by atoms with Crippen molar-refractivity contribution in [2.24, 2.45) is 5.92 Å². The molecule has 0 bridgehead atoms. The van der Waals surface area contributed by atoms with Crippen molar-refractivity contribution in [3.8, 4) is 0 Å². The molecule has 1 rings (SSSR count). The molecule has 0 aromatic heterocycles. The highest BCUT2D eigenvalue weighted by molar-refractivity contribution is 7.87. The Morgan fingerprint density at radius 2 is 1.74 bits per heavy atom. The lowest BCUT2D eigenvalue weighted by molar-refractivity contribution is -0.137. The highest BCUT2D eigenvalue weighted by Gasteiger charge is 2.31. The number of hydrogen-bond acceptors (Lipinski definition) is 4. The minimum atomic E-state index is -1.66. The molecular formula is C12H22N2O4S. The van der Waals surface area contributed by atoms with Gasteiger partial charge in [-0.25, -0.2) is 0 Å². The molecule has 2 unspecified atom stereocenters. The van der Waals surface area contributed by atoms with Crippen LogP contribution in [0.15, 0.2) is 0 Å². The maximum Gasteiger partial charge on any atom is 0.319 e. The second kappa shape index (κ2) is 7.00. The first-order chi connectivity index (χ1) is 8.82. The van der Waals surface area contributed by atoms with Gasteiger partial charge in [0.05, 0.1) is 0 Å². The van der Waals surface area contributed by atoms with Crippen LogP contribution in [0, 0.1) is 5.92 Å². The molecule has 110 valence electrons. The summed E-state index contributed by atoms with van der Waals surface area (Å²) in [5.74, 6) is -1.75. The van der Waals surface area contributed by atoms with Crippen molar-refractivity contribution < 1.29 is 18.9 Å². The number of carboxylic acid groups (broad SMARTS) is 1. The van der Waals surface area contributed by atoms with E-state index >= 15 is 0 Å². The summed E-state index contributed by atoms with van der Waals surface area (Å²) in [7, 11) is 0.322. The number of carboxylic acids is 1. The van der Waals surface area contributed by atoms with Gasteiger partial charge in [-0.15, -0.1) is 0 Å². The van der Waals surface area contributed by atoms with Crippen molar-refractivity contribution in [3.05, 3.63) is 0 Å². The van der Waals surface area contributed by atoms with Gasteiger partial charge in [-0.1, -0.05) is 13.8 Å². The van der Waals surface area contributed by atoms with Gasteiger partial charge >= 0.3 is 5.97 Å². The highest BCUT2D eigenvalue weighted by Crippen LogP contribution is 2.11. The Morgan fingerprint density at radius 3 is 2.16 bits per heavy atom. The van der Waals surface area contributed by atoms with E-state index in [0.29, 0.717) is 13.1 Å². The molecule has 6 nitrogen and oxygen atoms in total. The molecule has 0 aliphatic carbocycles. The van der Waals surface area contributed by atoms with Gasteiger partial charge in [-0.2, -0.15) is 0 Å². The second-order valence-corrected chi connectivity index (χ2v) is 6.77. The van der Waals surface area contributed by atoms with Gasteiger partial charge in [0.1, 0.15) is 11.0 Å². The van der Waals surface area contributed by atoms with Crippen molar-refractivity contribution in [3.63, 3.8) is 0 Å². The van der Waals surface area contributed by atoms with Gasteiger partial charge in [0.25, 0.3) is 0 Å². The van der Waals surface area contributed by atoms with Gasteiger partial charge in [0, 0.05) is 37.0 Å². The fourth-order valence-corrected chi connectivity index (χ4v) is 3.50. The van der Waals surface area contributed by atoms with Crippen molar-refractivity contribution in [2.75, 3.05) is 39.0 Å². The zero-order valence-corrected chi connectivity index (χ0v) is 12.5. The Hall–Kier alpha value is -0.950. The van der Waals surface area contributed by atoms with E-state index in [1.165, 1.54) is 0 Å². The van der Waals surface area contributed by atoms with E-state index in [-0.39, 0.29) is 17.6 Å². The number of carbonyl (C=O) groups is 2. The van der Waals surface area contributed by atoms with Crippen molar-refractivity contribution in [1.82, 2.24) is 9.80 Å². The van der Waals surface area contributed by atoms with Crippen LogP contribution in [0.25, 0.3) is 0 Å². The van der Waals surface area contributed by atoms with Crippen LogP contribution in [0.1, 0.15) is 13.8 Å². The Morgan fingerprint density at radius 1 is 1.21 bits per heavy atom. The predicted molar refractivity (Wildman–Crippen MR) is 73.3 cm³/mol. The molecule has 1 heterocycles. The zero-order valence-electron chi connectivity index (χ0n) is 11.7. The molecule has 1 saturated heterocycles. The first kappa shape index (κ1) is 16.1. The summed E-state index contributed by atoms with van der Waals surface area (Å²) in [6, 6.07) is 0. The Kier molecular flexibility index (Phi) is 5.93. The van der Waals surface area contributed by atoms with E-state index in [1.807, 2.05) is 7.05 Å². The molecule has 2 atom stereocenters. The monoisotopic (exact) mass is 290 g/mol. The van der Waals surface area contributed by atoms with Gasteiger partial charge < -0.3 is 14.9 Å². The summed E-state index contributed by atoms with van der Waals surface area (Å²) in [5, 5.41) is 8.07. The lowest BCUT2D eigenvalue weighted by atomic mass is 10.1. The summed E-state index contributed by atoms with van der Waals surface area (Å²) in [5.41, 5.74) is 0. The Bertz CT molecular complexity index is 365. The van der Waals surface area contributed by atoms with E-state index in [4.69, 9.17) is 5.11 Å². The first-order valence-corrected chi connectivity index (χ1v) is 7.77. The summed E-state index contributed by atoms with van der Waals surface area (Å²) >= 11 is 0. The minimum Gasteiger partial charge on any atom is -0.480 e. The molecular weight excluding hydrogens is 268 g/mol. The van der Waals surface area contributed by atoms with Crippen LogP contribution in [0.4, 0.5) is 0 Å². The van der Waals surface area contributed by atoms with Crippen molar-refractivity contribution in [2.45, 2.75) is 19.1 Å². The maximum absolute atomic E-state index is 12.0. The number of piperazine rings is 1. The second-order valence-electron chi connectivity index (χ2n) is 5.21. The standard InChI is InChI=1S/C12H22N2O4S/c1-9(2)11(12(16)17)19(18)8-10(15)14-6-4-13(3)5-7-14/h9,11H,4-8H2,1-3H3,(H,16,17). The third-order valence-electron chi connectivity index (χ3n) is 3.25. The van der Waals surface area contributed by atoms with Crippen LogP contribution >= 0.6 is 0 Å². The van der Waals surface area contributed by atoms with Crippen LogP contribution in [-0.2, 0) is 20.4 Å². The van der Waals surface area contributed by atoms with Crippen LogP contribution < -0.4 is 0 Å². The highest BCUT2D eigenvalue weighted by atomic mass is 32.2. The summed E-state index contributed by atoms with van der Waals surface area (Å²) < 4.78 is 12.0. The van der Waals surface area contributed by atoms with Gasteiger partial charge in [-0.3, -0.25) is 13.8 Å². The maximum atomic E-state index is 12.0. The third kappa shape index (κ3) is 4.58. The molecule has 0 radical (unpaired) electrons. The van der Waals surface area contributed by atoms with Crippen LogP contribution in [0.2, 0.25) is 0 Å². The fourth-order valence-electron chi connectivity index (χ4n) is 2.06. The average molecular weight is 290 g/mol. The lowest BCUT2D eigenvalue weighted by Crippen LogP contribution is -2.49. The molecule has 0 saturated carbocycles. The largest absolute Gasteiger partial charge is 0.480 e. The van der Waals surface area contributed by atoms with E-state index in [9.17, 15) is 13.8 Å². The van der Waals surface area contributed by atoms with E-state index in [0.717, 1.165) is 13.1 Å². The van der Waals surface area contributed by atoms with Gasteiger partial charge in [0.2, 0.25) is 5.91 Å². The number of hydrogen-bond donors (Lipinski definition) is 1. The van der Waals surface area contributed by atoms with Crippen molar-refractivity contribution >= 4 is 22.7 Å². The van der Waals surface area contributed by atoms with Gasteiger partial charge in [-0.05, 0) is 13.0 Å². The number of likely N-dealkylation sites (N-methyl/N-ethyl adjacent to an activating group) is 1. The molecule has 1 amide bonds. The van der Waals surface area contributed by atoms with Crippen LogP contribution in [-0.4, -0.2) is 75.2 Å². The Labute approximate surface area is 116 Å². The smallest absolute Gasteiger partial charge is 0.319 e. The molecule has 1 fully saturated rings. The first-order valence-electron chi connectivity index (χ1n) is 6.39. The molecule has 7 heteroatoms. The summed E-state index contributed by atoms with van der Waals surface area (Å²) in [6.45, 7) is 6.24. The van der Waals surface area contributed by atoms with E-state index in [1.54, 1.807) is 18.7 Å². The number of rotatable bonds is 5. The molecule has 0 spiro atoms. The Balaban J connectivity index is 2.56. The molecule has 0 aromatic carbocycles. The summed E-state index contributed by atoms with van der Waals surface area (Å²) in [6.07, 6.45) is 0. The number of aliphatic carboxylic acids is 1. The van der Waals surface area contributed by atoms with Crippen molar-refractivity contribution in [1.29, 1.82) is 0 Å². The molecule has 0 aromatic rings. The van der Waals surface area contributed by atoms with Crippen LogP contribution in [0.5, 0.6) is 0 Å². The predicted octanol–water partition coefficient (Wildman–Crippen LogP) is -0.382. The number of nitrogens with zero attached hydrogens (tertiary/aromatic N) is 2. The normalized spacial score (nSPS) is 20.3. The van der Waals surface area contributed by atoms with E-state index in [2.05, 4.69) is 4.90 Å².